The number of nitrogen functional groups attached to an aromatic ring is 2. The third-order valence-electron chi connectivity index (χ3n) is 9.86. The summed E-state index contributed by atoms with van der Waals surface area (Å²) < 4.78 is 59.2. The number of anilines is 3. The lowest BCUT2D eigenvalue weighted by Gasteiger charge is -2.32. The van der Waals surface area contributed by atoms with E-state index in [1.165, 1.54) is 0 Å². The molecule has 0 amide bonds. The van der Waals surface area contributed by atoms with Gasteiger partial charge >= 0.3 is 6.01 Å². The molecule has 4 N–H and O–H groups in total. The van der Waals surface area contributed by atoms with E-state index in [1.807, 2.05) is 24.0 Å². The number of ether oxygens (including phenoxy) is 2. The highest BCUT2D eigenvalue weighted by Crippen LogP contribution is 2.51. The molecule has 0 radical (unpaired) electrons. The molecule has 252 valence electrons. The van der Waals surface area contributed by atoms with Gasteiger partial charge in [0, 0.05) is 30.1 Å². The Balaban J connectivity index is 1.36. The second-order valence-corrected chi connectivity index (χ2v) is 14.0. The number of fused-ring (bicyclic) bond motifs is 2. The first-order chi connectivity index (χ1) is 23.6. The zero-order chi connectivity index (χ0) is 34.2. The maximum atomic E-state index is 17.2. The van der Waals surface area contributed by atoms with Gasteiger partial charge in [-0.3, -0.25) is 9.88 Å². The number of pyridine rings is 2. The number of halogens is 4. The number of alkyl halides is 1. The Kier molecular flexibility index (Phi) is 7.58. The van der Waals surface area contributed by atoms with Crippen LogP contribution in [0.5, 0.6) is 11.8 Å². The molecule has 2 saturated heterocycles. The maximum Gasteiger partial charge on any atom is 0.319 e. The molecule has 1 aromatic carbocycles. The van der Waals surface area contributed by atoms with Gasteiger partial charge < -0.3 is 25.8 Å². The SMILES string of the molecule is C[C@H](c1cccnc1N)N1CCOc2c(Cl)c(-c3ncc(F)c4sc(N)c(C#N)c34)c(F)c3nc(OC[C@@]45CCCN4C[C@H](F)C5)nc1c23. The first-order valence-corrected chi connectivity index (χ1v) is 16.9. The van der Waals surface area contributed by atoms with E-state index in [4.69, 9.17) is 37.5 Å². The number of benzene rings is 1. The van der Waals surface area contributed by atoms with Crippen molar-refractivity contribution < 1.29 is 22.6 Å². The van der Waals surface area contributed by atoms with Crippen molar-refractivity contribution in [1.82, 2.24) is 24.8 Å². The zero-order valence-corrected chi connectivity index (χ0v) is 27.7. The average Bonchev–Trinajstić information content (AvgIpc) is 3.68. The van der Waals surface area contributed by atoms with Crippen LogP contribution in [0.15, 0.2) is 24.5 Å². The largest absolute Gasteiger partial charge is 0.489 e. The van der Waals surface area contributed by atoms with E-state index in [1.54, 1.807) is 12.3 Å². The van der Waals surface area contributed by atoms with Gasteiger partial charge in [0.05, 0.1) is 56.3 Å². The highest BCUT2D eigenvalue weighted by molar-refractivity contribution is 7.23. The van der Waals surface area contributed by atoms with Gasteiger partial charge in [0.25, 0.3) is 0 Å². The number of thiophene rings is 1. The van der Waals surface area contributed by atoms with Crippen LogP contribution < -0.4 is 25.8 Å². The summed E-state index contributed by atoms with van der Waals surface area (Å²) >= 11 is 7.85. The molecule has 11 nitrogen and oxygen atoms in total. The minimum absolute atomic E-state index is 0.0291. The summed E-state index contributed by atoms with van der Waals surface area (Å²) in [5.41, 5.74) is 12.0. The molecule has 7 heterocycles. The summed E-state index contributed by atoms with van der Waals surface area (Å²) in [6.45, 7) is 3.50. The first kappa shape index (κ1) is 31.6. The van der Waals surface area contributed by atoms with E-state index in [-0.39, 0.29) is 85.2 Å². The number of nitrogens with zero attached hydrogens (tertiary/aromatic N) is 7. The Morgan fingerprint density at radius 1 is 1.24 bits per heavy atom. The monoisotopic (exact) mass is 707 g/mol. The molecule has 4 aromatic heterocycles. The van der Waals surface area contributed by atoms with Crippen LogP contribution in [0.2, 0.25) is 5.02 Å². The fraction of sp³-hybridized carbons (Fsp3) is 0.364. The molecule has 8 rings (SSSR count). The summed E-state index contributed by atoms with van der Waals surface area (Å²) in [5, 5.41) is 10.0. The molecule has 49 heavy (non-hydrogen) atoms. The molecule has 3 aliphatic rings. The van der Waals surface area contributed by atoms with Crippen molar-refractivity contribution in [3.63, 3.8) is 0 Å². The lowest BCUT2D eigenvalue weighted by molar-refractivity contribution is 0.107. The number of rotatable bonds is 6. The fourth-order valence-corrected chi connectivity index (χ4v) is 8.81. The van der Waals surface area contributed by atoms with E-state index < -0.39 is 29.4 Å². The van der Waals surface area contributed by atoms with Gasteiger partial charge in [-0.15, -0.1) is 11.3 Å². The lowest BCUT2D eigenvalue weighted by Crippen LogP contribution is -2.43. The Morgan fingerprint density at radius 3 is 2.88 bits per heavy atom. The van der Waals surface area contributed by atoms with Crippen LogP contribution >= 0.6 is 22.9 Å². The van der Waals surface area contributed by atoms with Gasteiger partial charge in [0.15, 0.2) is 17.4 Å². The third kappa shape index (κ3) is 4.87. The average molecular weight is 708 g/mol. The molecule has 2 fully saturated rings. The fourth-order valence-electron chi connectivity index (χ4n) is 7.57. The van der Waals surface area contributed by atoms with E-state index in [0.29, 0.717) is 24.3 Å². The van der Waals surface area contributed by atoms with Crippen LogP contribution in [0.3, 0.4) is 0 Å². The number of hydrogen-bond acceptors (Lipinski definition) is 12. The summed E-state index contributed by atoms with van der Waals surface area (Å²) in [4.78, 5) is 21.8. The van der Waals surface area contributed by atoms with Gasteiger partial charge in [0.1, 0.15) is 47.6 Å². The van der Waals surface area contributed by atoms with Crippen LogP contribution in [0.1, 0.15) is 43.4 Å². The van der Waals surface area contributed by atoms with Crippen LogP contribution in [-0.2, 0) is 0 Å². The highest BCUT2D eigenvalue weighted by Gasteiger charge is 2.49. The van der Waals surface area contributed by atoms with Gasteiger partial charge in [-0.25, -0.2) is 18.2 Å². The smallest absolute Gasteiger partial charge is 0.319 e. The zero-order valence-electron chi connectivity index (χ0n) is 26.1. The number of hydrogen-bond donors (Lipinski definition) is 2. The highest BCUT2D eigenvalue weighted by atomic mass is 35.5. The minimum Gasteiger partial charge on any atom is -0.489 e. The third-order valence-corrected chi connectivity index (χ3v) is 11.2. The summed E-state index contributed by atoms with van der Waals surface area (Å²) in [6, 6.07) is 5.06. The van der Waals surface area contributed by atoms with Gasteiger partial charge in [0.2, 0.25) is 0 Å². The Hall–Kier alpha value is -4.65. The maximum absolute atomic E-state index is 17.2. The first-order valence-electron chi connectivity index (χ1n) is 15.7. The normalized spacial score (nSPS) is 21.1. The van der Waals surface area contributed by atoms with Crippen LogP contribution in [-0.4, -0.2) is 69.4 Å². The molecule has 5 aromatic rings. The molecule has 3 atom stereocenters. The lowest BCUT2D eigenvalue weighted by atomic mass is 9.95. The Morgan fingerprint density at radius 2 is 2.08 bits per heavy atom. The molecule has 0 saturated carbocycles. The minimum atomic E-state index is -0.973. The summed E-state index contributed by atoms with van der Waals surface area (Å²) in [5.74, 6) is -0.942. The Labute approximate surface area is 287 Å². The van der Waals surface area contributed by atoms with Crippen molar-refractivity contribution in [3.05, 3.63) is 52.3 Å². The van der Waals surface area contributed by atoms with E-state index in [0.717, 1.165) is 36.9 Å². The van der Waals surface area contributed by atoms with Crippen molar-refractivity contribution in [3.8, 4) is 29.1 Å². The molecule has 0 unspecified atom stereocenters. The van der Waals surface area contributed by atoms with Gasteiger partial charge in [-0.2, -0.15) is 15.2 Å². The molecule has 0 spiro atoms. The van der Waals surface area contributed by atoms with Crippen LogP contribution in [0.4, 0.5) is 29.8 Å². The van der Waals surface area contributed by atoms with Crippen LogP contribution in [0.25, 0.3) is 32.2 Å². The van der Waals surface area contributed by atoms with Gasteiger partial charge in [-0.1, -0.05) is 17.7 Å². The molecule has 3 aliphatic heterocycles. The number of nitriles is 1. The predicted octanol–water partition coefficient (Wildman–Crippen LogP) is 6.18. The number of aromatic nitrogens is 4. The summed E-state index contributed by atoms with van der Waals surface area (Å²) in [6.07, 6.45) is 3.53. The van der Waals surface area contributed by atoms with Crippen molar-refractivity contribution in [1.29, 1.82) is 5.26 Å². The standard InChI is InChI=1S/C33H29ClF3N9O2S/c1-15(17-4-2-6-41-29(17)39)46-8-9-47-27-22-26(43-32(44-31(22)46)48-14-33-5-3-7-45(33)13-16(35)10-33)24(37)21(23(27)34)25-20-18(11-38)30(40)49-28(20)19(36)12-42-25/h2,4,6,12,15-16H,3,5,7-10,13-14,40H2,1H3,(H2,39,41)/t15-,16-,33+/m1/s1. The van der Waals surface area contributed by atoms with Crippen molar-refractivity contribution in [2.45, 2.75) is 43.9 Å². The molecule has 0 aliphatic carbocycles. The van der Waals surface area contributed by atoms with Gasteiger partial charge in [-0.05, 0) is 32.4 Å². The van der Waals surface area contributed by atoms with E-state index in [9.17, 15) is 14.0 Å². The van der Waals surface area contributed by atoms with E-state index >= 15 is 4.39 Å². The second kappa shape index (κ2) is 11.7. The predicted molar refractivity (Wildman–Crippen MR) is 181 cm³/mol. The van der Waals surface area contributed by atoms with Crippen LogP contribution in [0, 0.1) is 23.0 Å². The molecular weight excluding hydrogens is 679 g/mol. The molecule has 0 bridgehead atoms. The molecule has 16 heteroatoms. The summed E-state index contributed by atoms with van der Waals surface area (Å²) in [7, 11) is 0. The van der Waals surface area contributed by atoms with E-state index in [2.05, 4.69) is 19.9 Å². The second-order valence-electron chi connectivity index (χ2n) is 12.6. The van der Waals surface area contributed by atoms with Crippen molar-refractivity contribution >= 4 is 60.6 Å². The quantitative estimate of drug-likeness (QED) is 0.208. The topological polar surface area (TPSA) is 152 Å². The number of nitrogens with two attached hydrogens (primary N) is 2. The molecular formula is C33H29ClF3N9O2S. The van der Waals surface area contributed by atoms with Crippen molar-refractivity contribution in [2.24, 2.45) is 0 Å². The Bertz CT molecular complexity index is 2210. The van der Waals surface area contributed by atoms with Crippen molar-refractivity contribution in [2.75, 3.05) is 49.2 Å².